The molecule has 26 heavy (non-hydrogen) atoms. The monoisotopic (exact) mass is 378 g/mol. The van der Waals surface area contributed by atoms with Crippen LogP contribution < -0.4 is 15.2 Å². The van der Waals surface area contributed by atoms with E-state index in [2.05, 4.69) is 9.12 Å². The Morgan fingerprint density at radius 2 is 2.27 bits per heavy atom. The van der Waals surface area contributed by atoms with Crippen LogP contribution in [0.25, 0.3) is 0 Å². The van der Waals surface area contributed by atoms with Gasteiger partial charge in [0.1, 0.15) is 17.2 Å². The topological polar surface area (TPSA) is 89.2 Å². The first-order valence-corrected chi connectivity index (χ1v) is 9.60. The minimum atomic E-state index is -0.481. The number of likely N-dealkylation sites (tertiary alicyclic amines) is 1. The van der Waals surface area contributed by atoms with Gasteiger partial charge in [0.05, 0.1) is 30.0 Å². The van der Waals surface area contributed by atoms with Crippen LogP contribution in [0.4, 0.5) is 10.5 Å². The Bertz CT molecular complexity index is 702. The number of nitrogens with one attached hydrogen (secondary N) is 1. The molecule has 8 heteroatoms. The number of anilines is 1. The number of amides is 1. The first-order chi connectivity index (χ1) is 12.3. The molecule has 1 fully saturated rings. The van der Waals surface area contributed by atoms with Crippen LogP contribution in [0.1, 0.15) is 39.2 Å². The zero-order valence-electron chi connectivity index (χ0n) is 15.4. The number of hydrogen-bond donors (Lipinski definition) is 2. The molecule has 7 nitrogen and oxygen atoms in total. The summed E-state index contributed by atoms with van der Waals surface area (Å²) >= 11 is 1.21. The lowest BCUT2D eigenvalue weighted by molar-refractivity contribution is 0.0139. The van der Waals surface area contributed by atoms with Crippen molar-refractivity contribution in [3.63, 3.8) is 0 Å². The fourth-order valence-corrected chi connectivity index (χ4v) is 3.57. The number of nitrogens with two attached hydrogens (primary N) is 1. The lowest BCUT2D eigenvalue weighted by Gasteiger charge is -2.34. The number of benzene rings is 1. The van der Waals surface area contributed by atoms with E-state index in [4.69, 9.17) is 15.2 Å². The second-order valence-electron chi connectivity index (χ2n) is 7.59. The number of fused-ring (bicyclic) bond motifs is 1. The number of piperidine rings is 1. The van der Waals surface area contributed by atoms with Gasteiger partial charge in [-0.1, -0.05) is 6.07 Å². The largest absolute Gasteiger partial charge is 0.492 e. The molecule has 0 spiro atoms. The average Bonchev–Trinajstić information content (AvgIpc) is 2.59. The van der Waals surface area contributed by atoms with Crippen molar-refractivity contribution in [2.75, 3.05) is 24.4 Å². The molecule has 1 aromatic carbocycles. The Hall–Kier alpha value is -2.09. The average molecular weight is 378 g/mol. The molecule has 0 aliphatic carbocycles. The summed E-state index contributed by atoms with van der Waals surface area (Å²) < 4.78 is 18.8. The van der Waals surface area contributed by atoms with E-state index < -0.39 is 5.60 Å². The quantitative estimate of drug-likeness (QED) is 0.784. The molecule has 1 unspecified atom stereocenters. The highest BCUT2D eigenvalue weighted by Gasteiger charge is 2.28. The minimum Gasteiger partial charge on any atom is -0.492 e. The van der Waals surface area contributed by atoms with Crippen molar-refractivity contribution >= 4 is 29.8 Å². The van der Waals surface area contributed by atoms with Crippen molar-refractivity contribution in [3.05, 3.63) is 23.8 Å². The molecule has 1 atom stereocenters. The van der Waals surface area contributed by atoms with Crippen LogP contribution >= 0.6 is 12.1 Å². The van der Waals surface area contributed by atoms with Crippen LogP contribution in [-0.4, -0.2) is 42.1 Å². The maximum atomic E-state index is 12.3. The zero-order valence-corrected chi connectivity index (χ0v) is 16.3. The first kappa shape index (κ1) is 18.7. The molecule has 1 aromatic rings. The van der Waals surface area contributed by atoms with Crippen LogP contribution in [-0.2, 0) is 4.74 Å². The summed E-state index contributed by atoms with van der Waals surface area (Å²) in [4.78, 5) is 14.1. The summed E-state index contributed by atoms with van der Waals surface area (Å²) in [6, 6.07) is 5.77. The van der Waals surface area contributed by atoms with E-state index in [-0.39, 0.29) is 12.0 Å². The summed E-state index contributed by atoms with van der Waals surface area (Å²) in [6.07, 6.45) is 1.71. The third-order valence-corrected chi connectivity index (χ3v) is 4.83. The predicted octanol–water partition coefficient (Wildman–Crippen LogP) is 3.41. The molecule has 0 radical (unpaired) electrons. The minimum absolute atomic E-state index is 0.253. The Morgan fingerprint density at radius 3 is 3.04 bits per heavy atom. The lowest BCUT2D eigenvalue weighted by Crippen LogP contribution is -2.44. The summed E-state index contributed by atoms with van der Waals surface area (Å²) in [5.41, 5.74) is 7.23. The van der Waals surface area contributed by atoms with Gasteiger partial charge in [-0.2, -0.15) is 4.40 Å². The maximum Gasteiger partial charge on any atom is 0.410 e. The fourth-order valence-electron chi connectivity index (χ4n) is 3.07. The van der Waals surface area contributed by atoms with Crippen molar-refractivity contribution in [3.8, 4) is 5.75 Å². The van der Waals surface area contributed by atoms with Gasteiger partial charge in [0.15, 0.2) is 0 Å². The molecule has 1 saturated heterocycles. The van der Waals surface area contributed by atoms with Crippen LogP contribution in [0.3, 0.4) is 0 Å². The number of amidine groups is 1. The molecular formula is C18H26N4O3S. The van der Waals surface area contributed by atoms with Gasteiger partial charge in [-0.15, -0.1) is 0 Å². The molecule has 0 bridgehead atoms. The number of nitrogens with zero attached hydrogens (tertiary/aromatic N) is 2. The Kier molecular flexibility index (Phi) is 5.50. The van der Waals surface area contributed by atoms with Crippen molar-refractivity contribution in [2.45, 2.75) is 39.2 Å². The standard InChI is InChI=1S/C18H26N4O3S/c1-18(2,3)25-17(23)22-9-5-6-12(10-22)11-24-14-8-4-7-13-15(14)16(19)21-26-20-13/h4,7-8,12,20H,5-6,9-11H2,1-3H3,(H2,19,21). The van der Waals surface area contributed by atoms with Crippen LogP contribution in [0.5, 0.6) is 5.75 Å². The van der Waals surface area contributed by atoms with E-state index in [0.717, 1.165) is 30.6 Å². The van der Waals surface area contributed by atoms with E-state index in [1.165, 1.54) is 12.1 Å². The highest BCUT2D eigenvalue weighted by atomic mass is 32.2. The zero-order chi connectivity index (χ0) is 18.7. The molecule has 3 N–H and O–H groups in total. The lowest BCUT2D eigenvalue weighted by atomic mass is 9.99. The number of rotatable bonds is 3. The summed E-state index contributed by atoms with van der Waals surface area (Å²) in [7, 11) is 0. The molecule has 0 saturated carbocycles. The fraction of sp³-hybridized carbons (Fsp3) is 0.556. The molecule has 2 heterocycles. The third kappa shape index (κ3) is 4.55. The summed E-state index contributed by atoms with van der Waals surface area (Å²) in [6.45, 7) is 7.54. The maximum absolute atomic E-state index is 12.3. The second-order valence-corrected chi connectivity index (χ2v) is 8.16. The van der Waals surface area contributed by atoms with E-state index >= 15 is 0 Å². The van der Waals surface area contributed by atoms with Crippen LogP contribution in [0, 0.1) is 5.92 Å². The molecule has 2 aliphatic rings. The van der Waals surface area contributed by atoms with Gasteiger partial charge in [0.2, 0.25) is 0 Å². The van der Waals surface area contributed by atoms with Crippen molar-refractivity contribution in [1.29, 1.82) is 0 Å². The van der Waals surface area contributed by atoms with E-state index in [1.807, 2.05) is 39.0 Å². The smallest absolute Gasteiger partial charge is 0.410 e. The predicted molar refractivity (Wildman–Crippen MR) is 104 cm³/mol. The van der Waals surface area contributed by atoms with Crippen molar-refractivity contribution in [2.24, 2.45) is 16.0 Å². The molecule has 0 aromatic heterocycles. The van der Waals surface area contributed by atoms with Gasteiger partial charge in [-0.25, -0.2) is 4.79 Å². The van der Waals surface area contributed by atoms with Gasteiger partial charge in [0.25, 0.3) is 0 Å². The second kappa shape index (κ2) is 7.65. The third-order valence-electron chi connectivity index (χ3n) is 4.23. The Labute approximate surface area is 158 Å². The number of ether oxygens (including phenoxy) is 2. The first-order valence-electron chi connectivity index (χ1n) is 8.83. The number of hydrogen-bond acceptors (Lipinski definition) is 7. The van der Waals surface area contributed by atoms with E-state index in [9.17, 15) is 4.79 Å². The summed E-state index contributed by atoms with van der Waals surface area (Å²) in [5, 5.41) is 0. The van der Waals surface area contributed by atoms with Gasteiger partial charge < -0.3 is 24.8 Å². The van der Waals surface area contributed by atoms with Crippen molar-refractivity contribution < 1.29 is 14.3 Å². The Morgan fingerprint density at radius 1 is 1.46 bits per heavy atom. The van der Waals surface area contributed by atoms with E-state index in [1.54, 1.807) is 4.90 Å². The highest BCUT2D eigenvalue weighted by molar-refractivity contribution is 7.99. The SMILES string of the molecule is CC(C)(C)OC(=O)N1CCCC(COc2cccc3c2C(N)=NSN3)C1. The summed E-state index contributed by atoms with van der Waals surface area (Å²) in [5.74, 6) is 1.43. The molecular weight excluding hydrogens is 352 g/mol. The van der Waals surface area contributed by atoms with Crippen molar-refractivity contribution in [1.82, 2.24) is 4.90 Å². The molecule has 3 rings (SSSR count). The molecule has 1 amide bonds. The van der Waals surface area contributed by atoms with Gasteiger partial charge in [0, 0.05) is 19.0 Å². The Balaban J connectivity index is 1.61. The van der Waals surface area contributed by atoms with Crippen LogP contribution in [0.15, 0.2) is 22.6 Å². The number of carbonyl (C=O) groups excluding carboxylic acids is 1. The van der Waals surface area contributed by atoms with Gasteiger partial charge in [-0.3, -0.25) is 0 Å². The highest BCUT2D eigenvalue weighted by Crippen LogP contribution is 2.32. The van der Waals surface area contributed by atoms with Gasteiger partial charge >= 0.3 is 6.09 Å². The molecule has 142 valence electrons. The van der Waals surface area contributed by atoms with Gasteiger partial charge in [-0.05, 0) is 45.7 Å². The van der Waals surface area contributed by atoms with E-state index in [0.29, 0.717) is 24.7 Å². The van der Waals surface area contributed by atoms with Crippen LogP contribution in [0.2, 0.25) is 0 Å². The number of carbonyl (C=O) groups is 1. The molecule has 2 aliphatic heterocycles. The normalized spacial score (nSPS) is 19.9.